The van der Waals surface area contributed by atoms with Gasteiger partial charge in [0.25, 0.3) is 0 Å². The van der Waals surface area contributed by atoms with Gasteiger partial charge >= 0.3 is 5.97 Å². The Morgan fingerprint density at radius 2 is 2.23 bits per heavy atom. The van der Waals surface area contributed by atoms with Gasteiger partial charge in [-0.15, -0.1) is 0 Å². The van der Waals surface area contributed by atoms with Crippen molar-refractivity contribution < 1.29 is 9.53 Å². The van der Waals surface area contributed by atoms with Crippen molar-refractivity contribution in [2.45, 2.75) is 32.6 Å². The quantitative estimate of drug-likeness (QED) is 0.786. The molecular formula is C19H21NO2. The highest BCUT2D eigenvalue weighted by molar-refractivity contribution is 5.82. The molecular weight excluding hydrogens is 274 g/mol. The van der Waals surface area contributed by atoms with E-state index in [2.05, 4.69) is 23.2 Å². The highest BCUT2D eigenvalue weighted by atomic mass is 16.5. The summed E-state index contributed by atoms with van der Waals surface area (Å²) in [5.41, 5.74) is 3.58. The Balaban J connectivity index is 1.70. The number of esters is 1. The molecule has 3 nitrogen and oxygen atoms in total. The average molecular weight is 295 g/mol. The fraction of sp³-hybridized carbons (Fsp3) is 0.368. The molecule has 3 rings (SSSR count). The molecule has 3 heteroatoms. The van der Waals surface area contributed by atoms with Crippen LogP contribution in [0.25, 0.3) is 16.5 Å². The topological polar surface area (TPSA) is 39.2 Å². The molecule has 1 aromatic carbocycles. The van der Waals surface area contributed by atoms with Crippen molar-refractivity contribution in [2.75, 3.05) is 6.61 Å². The van der Waals surface area contributed by atoms with Gasteiger partial charge in [0, 0.05) is 18.0 Å². The fourth-order valence-electron chi connectivity index (χ4n) is 3.04. The minimum absolute atomic E-state index is 0.0725. The first-order valence-corrected chi connectivity index (χ1v) is 7.96. The fourth-order valence-corrected chi connectivity index (χ4v) is 3.04. The summed E-state index contributed by atoms with van der Waals surface area (Å²) in [5, 5.41) is 1.18. The summed E-state index contributed by atoms with van der Waals surface area (Å²) in [6, 6.07) is 10.4. The van der Waals surface area contributed by atoms with Gasteiger partial charge in [0.2, 0.25) is 0 Å². The third-order valence-corrected chi connectivity index (χ3v) is 4.24. The zero-order valence-electron chi connectivity index (χ0n) is 12.9. The Hall–Kier alpha value is -2.16. The Bertz CT molecular complexity index is 705. The Kier molecular flexibility index (Phi) is 4.52. The van der Waals surface area contributed by atoms with E-state index in [1.807, 2.05) is 31.3 Å². The molecule has 0 radical (unpaired) electrons. The van der Waals surface area contributed by atoms with Gasteiger partial charge in [-0.1, -0.05) is 24.3 Å². The van der Waals surface area contributed by atoms with E-state index in [1.54, 1.807) is 0 Å². The lowest BCUT2D eigenvalue weighted by atomic mass is 9.85. The molecule has 22 heavy (non-hydrogen) atoms. The lowest BCUT2D eigenvalue weighted by Gasteiger charge is -2.21. The molecule has 0 saturated carbocycles. The standard InChI is InChI=1S/C19H21NO2/c1-2-22-19(21)11-14-7-9-15(10-8-14)17-12-16-5-3-4-6-18(16)20-13-17/h3-6,9,12-14H,2,7-8,10-11H2,1H3. The van der Waals surface area contributed by atoms with Gasteiger partial charge in [-0.2, -0.15) is 0 Å². The number of fused-ring (bicyclic) bond motifs is 1. The minimum Gasteiger partial charge on any atom is -0.466 e. The van der Waals surface area contributed by atoms with Crippen molar-refractivity contribution in [1.29, 1.82) is 0 Å². The van der Waals surface area contributed by atoms with E-state index in [4.69, 9.17) is 4.74 Å². The molecule has 1 heterocycles. The van der Waals surface area contributed by atoms with Crippen LogP contribution in [0.5, 0.6) is 0 Å². The second kappa shape index (κ2) is 6.73. The van der Waals surface area contributed by atoms with Crippen molar-refractivity contribution in [3.63, 3.8) is 0 Å². The third-order valence-electron chi connectivity index (χ3n) is 4.24. The number of allylic oxidation sites excluding steroid dienone is 2. The molecule has 1 aromatic heterocycles. The number of carbonyl (C=O) groups is 1. The first kappa shape index (κ1) is 14.8. The predicted molar refractivity (Wildman–Crippen MR) is 88.3 cm³/mol. The molecule has 2 aromatic rings. The van der Waals surface area contributed by atoms with E-state index in [0.29, 0.717) is 18.9 Å². The first-order valence-electron chi connectivity index (χ1n) is 7.96. The van der Waals surface area contributed by atoms with E-state index in [9.17, 15) is 4.79 Å². The molecule has 0 saturated heterocycles. The molecule has 0 aliphatic heterocycles. The van der Waals surface area contributed by atoms with Crippen molar-refractivity contribution >= 4 is 22.4 Å². The number of pyridine rings is 1. The lowest BCUT2D eigenvalue weighted by Crippen LogP contribution is -2.13. The van der Waals surface area contributed by atoms with Crippen molar-refractivity contribution in [3.05, 3.63) is 48.2 Å². The average Bonchev–Trinajstić information content (AvgIpc) is 2.55. The maximum absolute atomic E-state index is 11.6. The van der Waals surface area contributed by atoms with Gasteiger partial charge in [-0.3, -0.25) is 9.78 Å². The van der Waals surface area contributed by atoms with Gasteiger partial charge in [-0.25, -0.2) is 0 Å². The molecule has 1 atom stereocenters. The van der Waals surface area contributed by atoms with Crippen LogP contribution in [0.3, 0.4) is 0 Å². The maximum Gasteiger partial charge on any atom is 0.306 e. The summed E-state index contributed by atoms with van der Waals surface area (Å²) in [4.78, 5) is 16.1. The molecule has 1 aliphatic carbocycles. The van der Waals surface area contributed by atoms with Crippen LogP contribution in [-0.4, -0.2) is 17.6 Å². The first-order chi connectivity index (χ1) is 10.8. The molecule has 0 bridgehead atoms. The number of ether oxygens (including phenoxy) is 1. The van der Waals surface area contributed by atoms with Crippen LogP contribution in [-0.2, 0) is 9.53 Å². The normalized spacial score (nSPS) is 18.0. The third kappa shape index (κ3) is 3.35. The van der Waals surface area contributed by atoms with Gasteiger partial charge in [-0.05, 0) is 55.4 Å². The zero-order chi connectivity index (χ0) is 15.4. The van der Waals surface area contributed by atoms with Gasteiger partial charge in [0.05, 0.1) is 12.1 Å². The highest BCUT2D eigenvalue weighted by Crippen LogP contribution is 2.32. The highest BCUT2D eigenvalue weighted by Gasteiger charge is 2.19. The van der Waals surface area contributed by atoms with Crippen molar-refractivity contribution in [1.82, 2.24) is 4.98 Å². The number of carbonyl (C=O) groups excluding carboxylic acids is 1. The summed E-state index contributed by atoms with van der Waals surface area (Å²) >= 11 is 0. The van der Waals surface area contributed by atoms with Crippen LogP contribution < -0.4 is 0 Å². The van der Waals surface area contributed by atoms with Gasteiger partial charge in [0.1, 0.15) is 0 Å². The zero-order valence-corrected chi connectivity index (χ0v) is 12.9. The minimum atomic E-state index is -0.0725. The SMILES string of the molecule is CCOC(=O)CC1CC=C(c2cnc3ccccc3c2)CC1. The largest absolute Gasteiger partial charge is 0.466 e. The van der Waals surface area contributed by atoms with Crippen LogP contribution in [0.4, 0.5) is 0 Å². The van der Waals surface area contributed by atoms with E-state index < -0.39 is 0 Å². The number of hydrogen-bond donors (Lipinski definition) is 0. The van der Waals surface area contributed by atoms with Crippen LogP contribution >= 0.6 is 0 Å². The number of para-hydroxylation sites is 1. The molecule has 0 spiro atoms. The van der Waals surface area contributed by atoms with E-state index in [0.717, 1.165) is 24.8 Å². The molecule has 114 valence electrons. The summed E-state index contributed by atoms with van der Waals surface area (Å²) in [5.74, 6) is 0.341. The van der Waals surface area contributed by atoms with Crippen LogP contribution in [0.15, 0.2) is 42.6 Å². The van der Waals surface area contributed by atoms with Crippen molar-refractivity contribution in [2.24, 2.45) is 5.92 Å². The Morgan fingerprint density at radius 1 is 1.36 bits per heavy atom. The molecule has 0 amide bonds. The van der Waals surface area contributed by atoms with E-state index in [1.165, 1.54) is 16.5 Å². The molecule has 0 N–H and O–H groups in total. The van der Waals surface area contributed by atoms with Crippen LogP contribution in [0, 0.1) is 5.92 Å². The van der Waals surface area contributed by atoms with E-state index in [-0.39, 0.29) is 5.97 Å². The van der Waals surface area contributed by atoms with Crippen LogP contribution in [0.1, 0.15) is 38.2 Å². The molecule has 1 aliphatic rings. The van der Waals surface area contributed by atoms with Crippen LogP contribution in [0.2, 0.25) is 0 Å². The smallest absolute Gasteiger partial charge is 0.306 e. The maximum atomic E-state index is 11.6. The second-order valence-electron chi connectivity index (χ2n) is 5.80. The Morgan fingerprint density at radius 3 is 3.00 bits per heavy atom. The number of benzene rings is 1. The summed E-state index contributed by atoms with van der Waals surface area (Å²) in [6.07, 6.45) is 7.75. The van der Waals surface area contributed by atoms with Crippen molar-refractivity contribution in [3.8, 4) is 0 Å². The Labute approximate surface area is 131 Å². The number of nitrogens with zero attached hydrogens (tertiary/aromatic N) is 1. The van der Waals surface area contributed by atoms with Gasteiger partial charge in [0.15, 0.2) is 0 Å². The second-order valence-corrected chi connectivity index (χ2v) is 5.80. The summed E-state index contributed by atoms with van der Waals surface area (Å²) < 4.78 is 5.03. The summed E-state index contributed by atoms with van der Waals surface area (Å²) in [6.45, 7) is 2.32. The number of rotatable bonds is 4. The number of aromatic nitrogens is 1. The number of hydrogen-bond acceptors (Lipinski definition) is 3. The summed E-state index contributed by atoms with van der Waals surface area (Å²) in [7, 11) is 0. The lowest BCUT2D eigenvalue weighted by molar-refractivity contribution is -0.144. The molecule has 1 unspecified atom stereocenters. The van der Waals surface area contributed by atoms with Gasteiger partial charge < -0.3 is 4.74 Å². The molecule has 0 fully saturated rings. The monoisotopic (exact) mass is 295 g/mol. The predicted octanol–water partition coefficient (Wildman–Crippen LogP) is 4.37. The van der Waals surface area contributed by atoms with E-state index >= 15 is 0 Å².